The number of hydrogen-bond donors (Lipinski definition) is 1. The van der Waals surface area contributed by atoms with Gasteiger partial charge in [-0.1, -0.05) is 22.0 Å². The van der Waals surface area contributed by atoms with E-state index in [-0.39, 0.29) is 0 Å². The van der Waals surface area contributed by atoms with Crippen molar-refractivity contribution in [1.82, 2.24) is 9.97 Å². The number of anilines is 1. The number of hydrogen-bond acceptors (Lipinski definition) is 3. The summed E-state index contributed by atoms with van der Waals surface area (Å²) < 4.78 is 0.989. The number of fused-ring (bicyclic) bond motifs is 3. The Labute approximate surface area is 100 Å². The first-order chi connectivity index (χ1) is 7.75. The SMILES string of the molecule is Nc1cnc2c(c1)c(Br)cc1cccnc12. The van der Waals surface area contributed by atoms with Crippen LogP contribution in [-0.4, -0.2) is 9.97 Å². The largest absolute Gasteiger partial charge is 0.397 e. The number of nitrogen functional groups attached to an aromatic ring is 1. The summed E-state index contributed by atoms with van der Waals surface area (Å²) in [5.74, 6) is 0. The van der Waals surface area contributed by atoms with E-state index in [0.717, 1.165) is 26.3 Å². The van der Waals surface area contributed by atoms with Crippen LogP contribution in [-0.2, 0) is 0 Å². The van der Waals surface area contributed by atoms with Crippen LogP contribution in [0.2, 0.25) is 0 Å². The van der Waals surface area contributed by atoms with E-state index >= 15 is 0 Å². The van der Waals surface area contributed by atoms with Crippen LogP contribution in [0.5, 0.6) is 0 Å². The molecule has 3 aromatic rings. The normalized spacial score (nSPS) is 11.1. The quantitative estimate of drug-likeness (QED) is 0.641. The molecule has 4 heteroatoms. The van der Waals surface area contributed by atoms with Gasteiger partial charge in [0.25, 0.3) is 0 Å². The monoisotopic (exact) mass is 273 g/mol. The van der Waals surface area contributed by atoms with Gasteiger partial charge in [-0.2, -0.15) is 0 Å². The lowest BCUT2D eigenvalue weighted by molar-refractivity contribution is 1.37. The molecule has 0 aliphatic rings. The maximum absolute atomic E-state index is 5.73. The molecule has 0 saturated carbocycles. The fourth-order valence-corrected chi connectivity index (χ4v) is 2.35. The topological polar surface area (TPSA) is 51.8 Å². The van der Waals surface area contributed by atoms with Crippen molar-refractivity contribution >= 4 is 43.4 Å². The zero-order valence-corrected chi connectivity index (χ0v) is 9.90. The minimum atomic E-state index is 0.656. The van der Waals surface area contributed by atoms with Crippen molar-refractivity contribution in [2.75, 3.05) is 5.73 Å². The Morgan fingerprint density at radius 1 is 1.12 bits per heavy atom. The van der Waals surface area contributed by atoms with Gasteiger partial charge in [-0.3, -0.25) is 9.97 Å². The van der Waals surface area contributed by atoms with Crippen molar-refractivity contribution < 1.29 is 0 Å². The van der Waals surface area contributed by atoms with Crippen molar-refractivity contribution in [3.05, 3.63) is 41.1 Å². The summed E-state index contributed by atoms with van der Waals surface area (Å²) in [7, 11) is 0. The summed E-state index contributed by atoms with van der Waals surface area (Å²) in [5.41, 5.74) is 8.17. The molecule has 2 N–H and O–H groups in total. The maximum atomic E-state index is 5.73. The Balaban J connectivity index is 2.59. The smallest absolute Gasteiger partial charge is 0.0977 e. The Morgan fingerprint density at radius 2 is 2.00 bits per heavy atom. The van der Waals surface area contributed by atoms with E-state index in [2.05, 4.69) is 25.9 Å². The Kier molecular flexibility index (Phi) is 2.04. The highest BCUT2D eigenvalue weighted by atomic mass is 79.9. The van der Waals surface area contributed by atoms with Crippen molar-refractivity contribution in [2.45, 2.75) is 0 Å². The summed E-state index contributed by atoms with van der Waals surface area (Å²) in [6, 6.07) is 7.87. The van der Waals surface area contributed by atoms with E-state index in [1.807, 2.05) is 24.3 Å². The molecule has 0 aliphatic carbocycles. The third-order valence-electron chi connectivity index (χ3n) is 2.51. The molecule has 0 unspecified atom stereocenters. The zero-order chi connectivity index (χ0) is 11.1. The fraction of sp³-hybridized carbons (Fsp3) is 0. The zero-order valence-electron chi connectivity index (χ0n) is 8.31. The predicted octanol–water partition coefficient (Wildman–Crippen LogP) is 3.13. The lowest BCUT2D eigenvalue weighted by atomic mass is 10.1. The number of nitrogens with zero attached hydrogens (tertiary/aromatic N) is 2. The lowest BCUT2D eigenvalue weighted by Gasteiger charge is -2.05. The molecule has 0 bridgehead atoms. The summed E-state index contributed by atoms with van der Waals surface area (Å²) in [6.07, 6.45) is 3.43. The fourth-order valence-electron chi connectivity index (χ4n) is 1.80. The minimum absolute atomic E-state index is 0.656. The number of rotatable bonds is 0. The average Bonchev–Trinajstić information content (AvgIpc) is 2.29. The standard InChI is InChI=1S/C12H8BrN3/c13-10-4-7-2-1-3-15-11(7)12-9(10)5-8(14)6-16-12/h1-6H,14H2. The maximum Gasteiger partial charge on any atom is 0.0977 e. The second kappa shape index (κ2) is 3.42. The summed E-state index contributed by atoms with van der Waals surface area (Å²) in [4.78, 5) is 8.71. The van der Waals surface area contributed by atoms with Gasteiger partial charge in [-0.05, 0) is 18.2 Å². The number of aromatic nitrogens is 2. The molecule has 2 heterocycles. The van der Waals surface area contributed by atoms with Gasteiger partial charge in [0.2, 0.25) is 0 Å². The van der Waals surface area contributed by atoms with Gasteiger partial charge >= 0.3 is 0 Å². The van der Waals surface area contributed by atoms with Crippen LogP contribution in [0.3, 0.4) is 0 Å². The van der Waals surface area contributed by atoms with Gasteiger partial charge in [0, 0.05) is 21.4 Å². The van der Waals surface area contributed by atoms with Crippen molar-refractivity contribution in [1.29, 1.82) is 0 Å². The molecule has 0 aliphatic heterocycles. The first-order valence-corrected chi connectivity index (χ1v) is 5.63. The molecule has 16 heavy (non-hydrogen) atoms. The van der Waals surface area contributed by atoms with Gasteiger partial charge in [0.1, 0.15) is 0 Å². The van der Waals surface area contributed by atoms with Crippen molar-refractivity contribution in [2.24, 2.45) is 0 Å². The highest BCUT2D eigenvalue weighted by Crippen LogP contribution is 2.30. The van der Waals surface area contributed by atoms with Crippen LogP contribution in [0.25, 0.3) is 21.8 Å². The lowest BCUT2D eigenvalue weighted by Crippen LogP contribution is -1.90. The number of pyridine rings is 2. The molecule has 3 rings (SSSR count). The molecule has 0 saturated heterocycles. The van der Waals surface area contributed by atoms with Crippen LogP contribution in [0.4, 0.5) is 5.69 Å². The highest BCUT2D eigenvalue weighted by molar-refractivity contribution is 9.10. The van der Waals surface area contributed by atoms with Gasteiger partial charge < -0.3 is 5.73 Å². The van der Waals surface area contributed by atoms with E-state index in [4.69, 9.17) is 5.73 Å². The molecular weight excluding hydrogens is 266 g/mol. The van der Waals surface area contributed by atoms with E-state index in [0.29, 0.717) is 5.69 Å². The predicted molar refractivity (Wildman–Crippen MR) is 69.2 cm³/mol. The van der Waals surface area contributed by atoms with Crippen LogP contribution in [0.1, 0.15) is 0 Å². The summed E-state index contributed by atoms with van der Waals surface area (Å²) in [5, 5.41) is 2.06. The van der Waals surface area contributed by atoms with Gasteiger partial charge in [-0.15, -0.1) is 0 Å². The first-order valence-electron chi connectivity index (χ1n) is 4.84. The molecular formula is C12H8BrN3. The van der Waals surface area contributed by atoms with Crippen LogP contribution in [0.15, 0.2) is 41.1 Å². The molecule has 0 fully saturated rings. The summed E-state index contributed by atoms with van der Waals surface area (Å²) >= 11 is 3.53. The molecule has 1 aromatic carbocycles. The molecule has 78 valence electrons. The van der Waals surface area contributed by atoms with Crippen LogP contribution < -0.4 is 5.73 Å². The highest BCUT2D eigenvalue weighted by Gasteiger charge is 2.06. The van der Waals surface area contributed by atoms with E-state index in [9.17, 15) is 0 Å². The second-order valence-corrected chi connectivity index (χ2v) is 4.45. The Morgan fingerprint density at radius 3 is 2.88 bits per heavy atom. The van der Waals surface area contributed by atoms with Crippen molar-refractivity contribution in [3.8, 4) is 0 Å². The first kappa shape index (κ1) is 9.54. The molecule has 0 atom stereocenters. The van der Waals surface area contributed by atoms with E-state index in [1.165, 1.54) is 0 Å². The molecule has 3 nitrogen and oxygen atoms in total. The second-order valence-electron chi connectivity index (χ2n) is 3.60. The molecule has 0 spiro atoms. The molecule has 0 amide bonds. The van der Waals surface area contributed by atoms with Gasteiger partial charge in [-0.25, -0.2) is 0 Å². The van der Waals surface area contributed by atoms with Crippen LogP contribution in [0, 0.1) is 0 Å². The third kappa shape index (κ3) is 1.34. The van der Waals surface area contributed by atoms with E-state index < -0.39 is 0 Å². The minimum Gasteiger partial charge on any atom is -0.397 e. The Bertz CT molecular complexity index is 694. The van der Waals surface area contributed by atoms with Crippen LogP contribution >= 0.6 is 15.9 Å². The number of nitrogens with two attached hydrogens (primary N) is 1. The van der Waals surface area contributed by atoms with Gasteiger partial charge in [0.05, 0.1) is 22.9 Å². The number of benzene rings is 1. The van der Waals surface area contributed by atoms with Crippen molar-refractivity contribution in [3.63, 3.8) is 0 Å². The van der Waals surface area contributed by atoms with Gasteiger partial charge in [0.15, 0.2) is 0 Å². The average molecular weight is 274 g/mol. The molecule has 2 aromatic heterocycles. The van der Waals surface area contributed by atoms with E-state index in [1.54, 1.807) is 12.4 Å². The summed E-state index contributed by atoms with van der Waals surface area (Å²) in [6.45, 7) is 0. The Hall–Kier alpha value is -1.68. The third-order valence-corrected chi connectivity index (χ3v) is 3.17. The molecule has 0 radical (unpaired) electrons. The number of halogens is 1.